The third-order valence-corrected chi connectivity index (χ3v) is 8.38. The number of fused-ring (bicyclic) bond motifs is 1. The molecule has 13 heteroatoms. The Bertz CT molecular complexity index is 1370. The highest BCUT2D eigenvalue weighted by molar-refractivity contribution is 14.1. The zero-order chi connectivity index (χ0) is 29.6. The quantitative estimate of drug-likeness (QED) is 0.399. The zero-order valence-corrected chi connectivity index (χ0v) is 25.9. The lowest BCUT2D eigenvalue weighted by Crippen LogP contribution is -2.60. The van der Waals surface area contributed by atoms with Crippen LogP contribution in [-0.4, -0.2) is 76.6 Å². The molecule has 10 nitrogen and oxygen atoms in total. The van der Waals surface area contributed by atoms with Crippen LogP contribution in [0.3, 0.4) is 0 Å². The molecule has 216 valence electrons. The zero-order valence-electron chi connectivity index (χ0n) is 22.9. The first-order valence-corrected chi connectivity index (χ1v) is 14.6. The van der Waals surface area contributed by atoms with Gasteiger partial charge in [-0.3, -0.25) is 9.59 Å². The van der Waals surface area contributed by atoms with E-state index in [1.807, 2.05) is 36.4 Å². The van der Waals surface area contributed by atoms with Gasteiger partial charge in [-0.1, -0.05) is 13.8 Å². The summed E-state index contributed by atoms with van der Waals surface area (Å²) in [5.74, 6) is -2.76. The number of halogens is 2. The molecule has 3 heterocycles. The van der Waals surface area contributed by atoms with Gasteiger partial charge in [-0.2, -0.15) is 0 Å². The van der Waals surface area contributed by atoms with E-state index in [4.69, 9.17) is 4.74 Å². The summed E-state index contributed by atoms with van der Waals surface area (Å²) in [6.07, 6.45) is -0.296. The van der Waals surface area contributed by atoms with Gasteiger partial charge in [0.05, 0.1) is 22.7 Å². The summed E-state index contributed by atoms with van der Waals surface area (Å²) in [7, 11) is 0. The van der Waals surface area contributed by atoms with E-state index in [-0.39, 0.29) is 41.8 Å². The number of nitrogens with zero attached hydrogens (tertiary/aromatic N) is 2. The monoisotopic (exact) mass is 686 g/mol. The maximum absolute atomic E-state index is 14.8. The first kappa shape index (κ1) is 30.0. The van der Waals surface area contributed by atoms with Gasteiger partial charge in [0.2, 0.25) is 0 Å². The SMILES string of the molecule is CC1(C)CNC(=O)c2sc(Nc3ccc(I)cc3F)c(C(=O)N3CCN(C(=O)OC(C)(C)C)C[C@@H]3C(=O)O)c2C1. The highest BCUT2D eigenvalue weighted by Crippen LogP contribution is 2.41. The van der Waals surface area contributed by atoms with Gasteiger partial charge in [0.1, 0.15) is 22.5 Å². The van der Waals surface area contributed by atoms with E-state index in [2.05, 4.69) is 10.6 Å². The fourth-order valence-corrected chi connectivity index (χ4v) is 6.25. The summed E-state index contributed by atoms with van der Waals surface area (Å²) in [5, 5.41) is 16.2. The highest BCUT2D eigenvalue weighted by Gasteiger charge is 2.42. The minimum Gasteiger partial charge on any atom is -0.480 e. The van der Waals surface area contributed by atoms with Crippen molar-refractivity contribution < 1.29 is 33.4 Å². The Morgan fingerprint density at radius 2 is 1.95 bits per heavy atom. The number of anilines is 2. The predicted octanol–water partition coefficient (Wildman–Crippen LogP) is 4.69. The number of thiophene rings is 1. The van der Waals surface area contributed by atoms with Crippen LogP contribution in [0.5, 0.6) is 0 Å². The van der Waals surface area contributed by atoms with Crippen LogP contribution in [-0.2, 0) is 16.0 Å². The number of rotatable bonds is 4. The molecule has 0 aliphatic carbocycles. The van der Waals surface area contributed by atoms with Crippen LogP contribution in [0.25, 0.3) is 0 Å². The first-order chi connectivity index (χ1) is 18.6. The summed E-state index contributed by atoms with van der Waals surface area (Å²) in [5.41, 5.74) is -0.419. The third kappa shape index (κ3) is 6.51. The Kier molecular flexibility index (Phi) is 8.37. The van der Waals surface area contributed by atoms with Gasteiger partial charge >= 0.3 is 12.1 Å². The molecule has 3 N–H and O–H groups in total. The first-order valence-electron chi connectivity index (χ1n) is 12.7. The molecule has 4 rings (SSSR count). The molecule has 1 atom stereocenters. The maximum atomic E-state index is 14.8. The van der Waals surface area contributed by atoms with Crippen LogP contribution < -0.4 is 10.6 Å². The van der Waals surface area contributed by atoms with Crippen molar-refractivity contribution >= 4 is 68.5 Å². The van der Waals surface area contributed by atoms with E-state index < -0.39 is 40.8 Å². The van der Waals surface area contributed by atoms with Gasteiger partial charge in [-0.05, 0) is 79.0 Å². The van der Waals surface area contributed by atoms with Gasteiger partial charge in [-0.15, -0.1) is 11.3 Å². The van der Waals surface area contributed by atoms with Gasteiger partial charge in [0, 0.05) is 23.2 Å². The fraction of sp³-hybridized carbons (Fsp3) is 0.481. The molecule has 40 heavy (non-hydrogen) atoms. The minimum atomic E-state index is -1.35. The summed E-state index contributed by atoms with van der Waals surface area (Å²) in [4.78, 5) is 55.0. The molecule has 1 aromatic carbocycles. The van der Waals surface area contributed by atoms with Crippen LogP contribution in [0.2, 0.25) is 0 Å². The molecule has 0 bridgehead atoms. The Hall–Kier alpha value is -2.94. The largest absolute Gasteiger partial charge is 0.480 e. The van der Waals surface area contributed by atoms with Crippen molar-refractivity contribution in [2.45, 2.75) is 52.7 Å². The molecule has 1 saturated heterocycles. The Morgan fingerprint density at radius 3 is 2.58 bits per heavy atom. The average Bonchev–Trinajstić information content (AvgIpc) is 3.13. The van der Waals surface area contributed by atoms with Crippen molar-refractivity contribution in [3.05, 3.63) is 43.6 Å². The van der Waals surface area contributed by atoms with E-state index in [0.29, 0.717) is 27.0 Å². The van der Waals surface area contributed by atoms with E-state index in [0.717, 1.165) is 11.3 Å². The van der Waals surface area contributed by atoms with E-state index in [1.54, 1.807) is 32.9 Å². The summed E-state index contributed by atoms with van der Waals surface area (Å²) < 4.78 is 20.9. The van der Waals surface area contributed by atoms with Crippen LogP contribution in [0.1, 0.15) is 60.2 Å². The number of piperazine rings is 1. The standard InChI is InChI=1S/C27H32FIN4O6S/c1-26(2,3)39-25(38)32-8-9-33(18(12-32)24(36)37)23(35)19-15-11-27(4,5)13-30-21(34)20(15)40-22(19)31-17-7-6-14(29)10-16(17)28/h6-7,10,18,31H,8-9,11-13H2,1-5H3,(H,30,34)(H,36,37)/t18-/m1/s1. The Balaban J connectivity index is 1.75. The number of carboxylic acid groups (broad SMARTS) is 1. The molecule has 0 spiro atoms. The molecule has 0 radical (unpaired) electrons. The number of carbonyl (C=O) groups excluding carboxylic acids is 3. The van der Waals surface area contributed by atoms with Crippen LogP contribution in [0.15, 0.2) is 18.2 Å². The third-order valence-electron chi connectivity index (χ3n) is 6.57. The lowest BCUT2D eigenvalue weighted by Gasteiger charge is -2.39. The lowest BCUT2D eigenvalue weighted by molar-refractivity contribution is -0.144. The van der Waals surface area contributed by atoms with Gasteiger partial charge in [0.15, 0.2) is 0 Å². The smallest absolute Gasteiger partial charge is 0.410 e. The van der Waals surface area contributed by atoms with E-state index >= 15 is 0 Å². The molecule has 1 aromatic heterocycles. The molecule has 2 aliphatic rings. The van der Waals surface area contributed by atoms with Crippen LogP contribution in [0, 0.1) is 14.8 Å². The molecular formula is C27H32FIN4O6S. The number of benzene rings is 1. The normalized spacial score (nSPS) is 18.9. The second-order valence-electron chi connectivity index (χ2n) is 11.7. The number of amides is 3. The second kappa shape index (κ2) is 11.1. The molecule has 1 fully saturated rings. The molecule has 0 saturated carbocycles. The van der Waals surface area contributed by atoms with Crippen molar-refractivity contribution in [1.82, 2.24) is 15.1 Å². The minimum absolute atomic E-state index is 0.0629. The van der Waals surface area contributed by atoms with Crippen LogP contribution >= 0.6 is 33.9 Å². The molecule has 0 unspecified atom stereocenters. The van der Waals surface area contributed by atoms with Crippen molar-refractivity contribution in [3.63, 3.8) is 0 Å². The predicted molar refractivity (Wildman–Crippen MR) is 157 cm³/mol. The van der Waals surface area contributed by atoms with Gasteiger partial charge in [-0.25, -0.2) is 14.0 Å². The second-order valence-corrected chi connectivity index (χ2v) is 13.9. The van der Waals surface area contributed by atoms with E-state index in [1.165, 1.54) is 15.9 Å². The van der Waals surface area contributed by atoms with Gasteiger partial charge in [0.25, 0.3) is 11.8 Å². The fourth-order valence-electron chi connectivity index (χ4n) is 4.66. The van der Waals surface area contributed by atoms with Crippen molar-refractivity contribution in [3.8, 4) is 0 Å². The number of carbonyl (C=O) groups is 4. The molecule has 2 aliphatic heterocycles. The number of ether oxygens (including phenoxy) is 1. The lowest BCUT2D eigenvalue weighted by atomic mass is 9.85. The Morgan fingerprint density at radius 1 is 1.25 bits per heavy atom. The van der Waals surface area contributed by atoms with Crippen molar-refractivity contribution in [2.75, 3.05) is 31.5 Å². The van der Waals surface area contributed by atoms with Gasteiger partial charge < -0.3 is 30.3 Å². The molecule has 3 amide bonds. The summed E-state index contributed by atoms with van der Waals surface area (Å²) in [6, 6.07) is 3.24. The topological polar surface area (TPSA) is 128 Å². The van der Waals surface area contributed by atoms with Crippen LogP contribution in [0.4, 0.5) is 19.9 Å². The summed E-state index contributed by atoms with van der Waals surface area (Å²) in [6.45, 7) is 9.19. The highest BCUT2D eigenvalue weighted by atomic mass is 127. The number of hydrogen-bond donors (Lipinski definition) is 3. The average molecular weight is 687 g/mol. The van der Waals surface area contributed by atoms with Crippen molar-refractivity contribution in [2.24, 2.45) is 5.41 Å². The van der Waals surface area contributed by atoms with E-state index in [9.17, 15) is 28.7 Å². The Labute approximate surface area is 249 Å². The molecule has 2 aromatic rings. The number of nitrogens with one attached hydrogen (secondary N) is 2. The molecular weight excluding hydrogens is 654 g/mol. The maximum Gasteiger partial charge on any atom is 0.410 e. The van der Waals surface area contributed by atoms with Crippen molar-refractivity contribution in [1.29, 1.82) is 0 Å². The number of aliphatic carboxylic acids is 1. The number of hydrogen-bond acceptors (Lipinski definition) is 7. The number of carboxylic acids is 1. The summed E-state index contributed by atoms with van der Waals surface area (Å²) >= 11 is 3.02.